The molecule has 1 aromatic heterocycles. The predicted octanol–water partition coefficient (Wildman–Crippen LogP) is 2.45. The molecule has 2 nitrogen and oxygen atoms in total. The van der Waals surface area contributed by atoms with Gasteiger partial charge in [0.2, 0.25) is 5.12 Å². The molecule has 0 aliphatic carbocycles. The monoisotopic (exact) mass is 190 g/mol. The molecule has 0 N–H and O–H groups in total. The first-order valence-corrected chi connectivity index (χ1v) is 4.39. The van der Waals surface area contributed by atoms with Crippen molar-refractivity contribution in [3.05, 3.63) is 18.1 Å². The van der Waals surface area contributed by atoms with Gasteiger partial charge in [-0.05, 0) is 24.8 Å². The van der Waals surface area contributed by atoms with Crippen LogP contribution in [0.25, 0.3) is 0 Å². The Bertz CT molecular complexity index is 257. The molecule has 0 amide bonds. The highest BCUT2D eigenvalue weighted by Crippen LogP contribution is 2.21. The standard InChI is InChI=1S/C7H7ClO2S/c1-5-2-6(4-10-5)11-7(9)3-8/h2,4H,3H2,1H3. The summed E-state index contributed by atoms with van der Waals surface area (Å²) in [4.78, 5) is 11.6. The van der Waals surface area contributed by atoms with E-state index in [-0.39, 0.29) is 11.0 Å². The van der Waals surface area contributed by atoms with Crippen molar-refractivity contribution in [3.63, 3.8) is 0 Å². The molecule has 1 aromatic rings. The minimum atomic E-state index is -0.0625. The molecule has 0 unspecified atom stereocenters. The van der Waals surface area contributed by atoms with Crippen LogP contribution in [-0.2, 0) is 4.79 Å². The third-order valence-corrected chi connectivity index (χ3v) is 2.27. The number of alkyl halides is 1. The molecule has 0 bridgehead atoms. The number of rotatable bonds is 2. The molecule has 0 aliphatic rings. The van der Waals surface area contributed by atoms with Gasteiger partial charge in [-0.25, -0.2) is 0 Å². The maximum absolute atomic E-state index is 10.8. The SMILES string of the molecule is Cc1cc(SC(=O)CCl)co1. The van der Waals surface area contributed by atoms with E-state index >= 15 is 0 Å². The fourth-order valence-electron chi connectivity index (χ4n) is 0.632. The lowest BCUT2D eigenvalue weighted by atomic mass is 10.5. The molecule has 0 fully saturated rings. The molecule has 1 rings (SSSR count). The Balaban J connectivity index is 2.57. The van der Waals surface area contributed by atoms with Gasteiger partial charge in [0.05, 0.1) is 10.8 Å². The molecule has 11 heavy (non-hydrogen) atoms. The first kappa shape index (κ1) is 8.68. The molecule has 0 saturated heterocycles. The van der Waals surface area contributed by atoms with Crippen molar-refractivity contribution < 1.29 is 9.21 Å². The van der Waals surface area contributed by atoms with Crippen molar-refractivity contribution in [1.82, 2.24) is 0 Å². The summed E-state index contributed by atoms with van der Waals surface area (Å²) in [6.45, 7) is 1.83. The van der Waals surface area contributed by atoms with Gasteiger partial charge in [-0.3, -0.25) is 4.79 Å². The highest BCUT2D eigenvalue weighted by atomic mass is 35.5. The predicted molar refractivity (Wildman–Crippen MR) is 45.0 cm³/mol. The fraction of sp³-hybridized carbons (Fsp3) is 0.286. The van der Waals surface area contributed by atoms with Gasteiger partial charge in [-0.1, -0.05) is 0 Å². The zero-order valence-electron chi connectivity index (χ0n) is 5.96. The van der Waals surface area contributed by atoms with Crippen molar-refractivity contribution in [3.8, 4) is 0 Å². The van der Waals surface area contributed by atoms with Gasteiger partial charge in [0.1, 0.15) is 12.0 Å². The highest BCUT2D eigenvalue weighted by Gasteiger charge is 2.04. The van der Waals surface area contributed by atoms with Crippen LogP contribution < -0.4 is 0 Å². The molecule has 0 saturated carbocycles. The molecule has 0 atom stereocenters. The Labute approximate surface area is 73.9 Å². The van der Waals surface area contributed by atoms with Gasteiger partial charge < -0.3 is 4.42 Å². The van der Waals surface area contributed by atoms with Gasteiger partial charge in [-0.15, -0.1) is 11.6 Å². The normalized spacial score (nSPS) is 10.0. The third-order valence-electron chi connectivity index (χ3n) is 1.05. The van der Waals surface area contributed by atoms with E-state index in [1.54, 1.807) is 12.3 Å². The number of thioether (sulfide) groups is 1. The van der Waals surface area contributed by atoms with E-state index in [9.17, 15) is 4.79 Å². The van der Waals surface area contributed by atoms with E-state index in [4.69, 9.17) is 16.0 Å². The number of carbonyl (C=O) groups is 1. The van der Waals surface area contributed by atoms with Crippen LogP contribution in [0.15, 0.2) is 21.6 Å². The van der Waals surface area contributed by atoms with E-state index in [0.717, 1.165) is 22.4 Å². The molecule has 4 heteroatoms. The first-order chi connectivity index (χ1) is 5.22. The van der Waals surface area contributed by atoms with Crippen molar-refractivity contribution in [1.29, 1.82) is 0 Å². The summed E-state index contributed by atoms with van der Waals surface area (Å²) in [7, 11) is 0. The highest BCUT2D eigenvalue weighted by molar-refractivity contribution is 8.13. The van der Waals surface area contributed by atoms with E-state index in [2.05, 4.69) is 0 Å². The lowest BCUT2D eigenvalue weighted by Gasteiger charge is -1.88. The average Bonchev–Trinajstić information content (AvgIpc) is 2.35. The maximum Gasteiger partial charge on any atom is 0.208 e. The number of hydrogen-bond donors (Lipinski definition) is 0. The molecule has 1 heterocycles. The first-order valence-electron chi connectivity index (χ1n) is 3.04. The van der Waals surface area contributed by atoms with E-state index < -0.39 is 0 Å². The summed E-state index contributed by atoms with van der Waals surface area (Å²) in [6.07, 6.45) is 1.55. The lowest BCUT2D eigenvalue weighted by molar-refractivity contribution is -0.108. The summed E-state index contributed by atoms with van der Waals surface area (Å²) in [5.41, 5.74) is 0. The van der Waals surface area contributed by atoms with Crippen molar-refractivity contribution in [2.24, 2.45) is 0 Å². The molecular weight excluding hydrogens is 184 g/mol. The minimum Gasteiger partial charge on any atom is -0.468 e. The maximum atomic E-state index is 10.8. The second-order valence-corrected chi connectivity index (χ2v) is 3.40. The summed E-state index contributed by atoms with van der Waals surface area (Å²) in [5, 5.41) is -0.0625. The Morgan fingerprint density at radius 3 is 3.00 bits per heavy atom. The van der Waals surface area contributed by atoms with Crippen LogP contribution in [0.1, 0.15) is 5.76 Å². The molecule has 0 aromatic carbocycles. The second kappa shape index (κ2) is 3.83. The van der Waals surface area contributed by atoms with Crippen molar-refractivity contribution in [2.45, 2.75) is 11.8 Å². The molecule has 0 radical (unpaired) electrons. The lowest BCUT2D eigenvalue weighted by Crippen LogP contribution is -1.89. The number of hydrogen-bond acceptors (Lipinski definition) is 3. The summed E-state index contributed by atoms with van der Waals surface area (Å²) >= 11 is 6.41. The van der Waals surface area contributed by atoms with E-state index in [1.165, 1.54) is 0 Å². The zero-order valence-corrected chi connectivity index (χ0v) is 7.54. The van der Waals surface area contributed by atoms with Gasteiger partial charge >= 0.3 is 0 Å². The summed E-state index contributed by atoms with van der Waals surface area (Å²) in [6, 6.07) is 1.80. The number of furan rings is 1. The van der Waals surface area contributed by atoms with E-state index in [1.807, 2.05) is 6.92 Å². The fourth-order valence-corrected chi connectivity index (χ4v) is 1.43. The molecule has 60 valence electrons. The van der Waals surface area contributed by atoms with Gasteiger partial charge in [0.15, 0.2) is 0 Å². The summed E-state index contributed by atoms with van der Waals surface area (Å²) in [5.74, 6) is 0.837. The van der Waals surface area contributed by atoms with E-state index in [0.29, 0.717) is 0 Å². The average molecular weight is 191 g/mol. The van der Waals surface area contributed by atoms with Crippen LogP contribution in [0, 0.1) is 6.92 Å². The molecule has 0 aliphatic heterocycles. The topological polar surface area (TPSA) is 30.2 Å². The van der Waals surface area contributed by atoms with Gasteiger partial charge in [-0.2, -0.15) is 0 Å². The number of aryl methyl sites for hydroxylation is 1. The van der Waals surface area contributed by atoms with Crippen LogP contribution in [0.2, 0.25) is 0 Å². The van der Waals surface area contributed by atoms with Gasteiger partial charge in [0.25, 0.3) is 0 Å². The quantitative estimate of drug-likeness (QED) is 0.530. The molecular formula is C7H7ClO2S. The van der Waals surface area contributed by atoms with Crippen LogP contribution in [0.4, 0.5) is 0 Å². The number of halogens is 1. The van der Waals surface area contributed by atoms with Crippen LogP contribution >= 0.6 is 23.4 Å². The van der Waals surface area contributed by atoms with Crippen LogP contribution in [0.5, 0.6) is 0 Å². The largest absolute Gasteiger partial charge is 0.468 e. The third kappa shape index (κ3) is 2.60. The van der Waals surface area contributed by atoms with Crippen LogP contribution in [0.3, 0.4) is 0 Å². The van der Waals surface area contributed by atoms with Crippen molar-refractivity contribution >= 4 is 28.5 Å². The second-order valence-electron chi connectivity index (χ2n) is 2.00. The summed E-state index contributed by atoms with van der Waals surface area (Å²) < 4.78 is 4.99. The Morgan fingerprint density at radius 2 is 2.55 bits per heavy atom. The van der Waals surface area contributed by atoms with Crippen molar-refractivity contribution in [2.75, 3.05) is 5.88 Å². The van der Waals surface area contributed by atoms with Crippen LogP contribution in [-0.4, -0.2) is 11.0 Å². The smallest absolute Gasteiger partial charge is 0.208 e. The Kier molecular flexibility index (Phi) is 3.02. The molecule has 0 spiro atoms. The van der Waals surface area contributed by atoms with Gasteiger partial charge in [0, 0.05) is 0 Å². The zero-order chi connectivity index (χ0) is 8.27. The number of carbonyl (C=O) groups excluding carboxylic acids is 1. The Morgan fingerprint density at radius 1 is 1.82 bits per heavy atom. The Hall–Kier alpha value is -0.410. The minimum absolute atomic E-state index is 0.0366.